The Balaban J connectivity index is 1.56. The highest BCUT2D eigenvalue weighted by molar-refractivity contribution is 5.79. The van der Waals surface area contributed by atoms with Crippen molar-refractivity contribution >= 4 is 11.8 Å². The van der Waals surface area contributed by atoms with Gasteiger partial charge in [0.15, 0.2) is 0 Å². The maximum absolute atomic E-state index is 11.7. The van der Waals surface area contributed by atoms with Crippen molar-refractivity contribution in [3.05, 3.63) is 0 Å². The van der Waals surface area contributed by atoms with E-state index in [0.717, 1.165) is 45.4 Å². The van der Waals surface area contributed by atoms with Crippen molar-refractivity contribution in [3.8, 4) is 0 Å². The fraction of sp³-hybridized carbons (Fsp3) is 0.846. The summed E-state index contributed by atoms with van der Waals surface area (Å²) in [6, 6.07) is 0. The highest BCUT2D eigenvalue weighted by atomic mass is 16.2. The van der Waals surface area contributed by atoms with Crippen LogP contribution >= 0.6 is 0 Å². The second-order valence-electron chi connectivity index (χ2n) is 5.25. The Morgan fingerprint density at radius 3 is 2.72 bits per heavy atom. The molecule has 0 aromatic heterocycles. The van der Waals surface area contributed by atoms with E-state index in [1.54, 1.807) is 0 Å². The summed E-state index contributed by atoms with van der Waals surface area (Å²) in [6.45, 7) is 4.22. The van der Waals surface area contributed by atoms with E-state index in [1.165, 1.54) is 0 Å². The standard InChI is InChI=1S/C13H23N3O2/c17-12(9-11-3-5-14-10-11)15-6-4-13(18)16-7-1-2-8-16/h11,14H,1-10H2,(H,15,17). The lowest BCUT2D eigenvalue weighted by Gasteiger charge is -2.15. The molecule has 18 heavy (non-hydrogen) atoms. The van der Waals surface area contributed by atoms with Gasteiger partial charge >= 0.3 is 0 Å². The van der Waals surface area contributed by atoms with Gasteiger partial charge in [-0.05, 0) is 38.3 Å². The fourth-order valence-electron chi connectivity index (χ4n) is 2.66. The minimum atomic E-state index is 0.0814. The van der Waals surface area contributed by atoms with Gasteiger partial charge in [-0.2, -0.15) is 0 Å². The average Bonchev–Trinajstić information content (AvgIpc) is 3.00. The van der Waals surface area contributed by atoms with Crippen LogP contribution in [0.4, 0.5) is 0 Å². The van der Waals surface area contributed by atoms with Gasteiger partial charge in [0.1, 0.15) is 0 Å². The van der Waals surface area contributed by atoms with Crippen LogP contribution in [0.15, 0.2) is 0 Å². The van der Waals surface area contributed by atoms with E-state index < -0.39 is 0 Å². The number of rotatable bonds is 5. The molecule has 2 heterocycles. The van der Waals surface area contributed by atoms with Gasteiger partial charge in [-0.1, -0.05) is 0 Å². The molecule has 0 spiro atoms. The van der Waals surface area contributed by atoms with Crippen LogP contribution in [0, 0.1) is 5.92 Å². The minimum absolute atomic E-state index is 0.0814. The molecule has 2 rings (SSSR count). The minimum Gasteiger partial charge on any atom is -0.356 e. The van der Waals surface area contributed by atoms with Crippen LogP contribution < -0.4 is 10.6 Å². The number of amides is 2. The van der Waals surface area contributed by atoms with Gasteiger partial charge in [-0.25, -0.2) is 0 Å². The second-order valence-corrected chi connectivity index (χ2v) is 5.25. The molecule has 102 valence electrons. The van der Waals surface area contributed by atoms with Crippen molar-refractivity contribution in [1.82, 2.24) is 15.5 Å². The maximum atomic E-state index is 11.7. The summed E-state index contributed by atoms with van der Waals surface area (Å²) in [5.41, 5.74) is 0. The lowest BCUT2D eigenvalue weighted by Crippen LogP contribution is -2.33. The molecule has 0 radical (unpaired) electrons. The summed E-state index contributed by atoms with van der Waals surface area (Å²) < 4.78 is 0. The van der Waals surface area contributed by atoms with Gasteiger partial charge in [0, 0.05) is 32.5 Å². The van der Waals surface area contributed by atoms with E-state index in [1.807, 2.05) is 4.90 Å². The summed E-state index contributed by atoms with van der Waals surface area (Å²) >= 11 is 0. The zero-order valence-electron chi connectivity index (χ0n) is 10.9. The Hall–Kier alpha value is -1.10. The summed E-state index contributed by atoms with van der Waals surface area (Å²) in [5, 5.41) is 6.10. The zero-order valence-corrected chi connectivity index (χ0v) is 10.9. The molecule has 2 amide bonds. The maximum Gasteiger partial charge on any atom is 0.224 e. The molecule has 2 fully saturated rings. The SMILES string of the molecule is O=C(CC1CCNC1)NCCC(=O)N1CCCC1. The molecule has 2 aliphatic rings. The van der Waals surface area contributed by atoms with Crippen LogP contribution in [0.2, 0.25) is 0 Å². The number of carbonyl (C=O) groups excluding carboxylic acids is 2. The highest BCUT2D eigenvalue weighted by Crippen LogP contribution is 2.11. The number of carbonyl (C=O) groups is 2. The molecule has 2 aliphatic heterocycles. The van der Waals surface area contributed by atoms with Gasteiger partial charge < -0.3 is 15.5 Å². The van der Waals surface area contributed by atoms with Gasteiger partial charge in [-0.3, -0.25) is 9.59 Å². The van der Waals surface area contributed by atoms with Crippen LogP contribution in [0.25, 0.3) is 0 Å². The van der Waals surface area contributed by atoms with Crippen molar-refractivity contribution in [2.24, 2.45) is 5.92 Å². The Morgan fingerprint density at radius 1 is 1.28 bits per heavy atom. The van der Waals surface area contributed by atoms with Gasteiger partial charge in [-0.15, -0.1) is 0 Å². The molecular formula is C13H23N3O2. The molecule has 5 heteroatoms. The topological polar surface area (TPSA) is 61.4 Å². The molecular weight excluding hydrogens is 230 g/mol. The molecule has 1 unspecified atom stereocenters. The fourth-order valence-corrected chi connectivity index (χ4v) is 2.66. The zero-order chi connectivity index (χ0) is 12.8. The Kier molecular flexibility index (Phi) is 4.99. The van der Waals surface area contributed by atoms with E-state index >= 15 is 0 Å². The molecule has 0 aliphatic carbocycles. The molecule has 0 aromatic rings. The summed E-state index contributed by atoms with van der Waals surface area (Å²) in [7, 11) is 0. The predicted molar refractivity (Wildman–Crippen MR) is 69.0 cm³/mol. The van der Waals surface area contributed by atoms with Crippen molar-refractivity contribution < 1.29 is 9.59 Å². The molecule has 2 saturated heterocycles. The Labute approximate surface area is 108 Å². The quantitative estimate of drug-likeness (QED) is 0.731. The lowest BCUT2D eigenvalue weighted by molar-refractivity contribution is -0.130. The van der Waals surface area contributed by atoms with Gasteiger partial charge in [0.2, 0.25) is 11.8 Å². The van der Waals surface area contributed by atoms with Crippen LogP contribution in [0.3, 0.4) is 0 Å². The number of hydrogen-bond donors (Lipinski definition) is 2. The molecule has 0 saturated carbocycles. The Morgan fingerprint density at radius 2 is 2.06 bits per heavy atom. The summed E-state index contributed by atoms with van der Waals surface area (Å²) in [5.74, 6) is 0.729. The average molecular weight is 253 g/mol. The van der Waals surface area contributed by atoms with E-state index in [9.17, 15) is 9.59 Å². The lowest BCUT2D eigenvalue weighted by atomic mass is 10.0. The van der Waals surface area contributed by atoms with Gasteiger partial charge in [0.05, 0.1) is 0 Å². The third kappa shape index (κ3) is 3.98. The van der Waals surface area contributed by atoms with Crippen molar-refractivity contribution in [3.63, 3.8) is 0 Å². The van der Waals surface area contributed by atoms with Crippen molar-refractivity contribution in [2.45, 2.75) is 32.1 Å². The van der Waals surface area contributed by atoms with Gasteiger partial charge in [0.25, 0.3) is 0 Å². The van der Waals surface area contributed by atoms with Crippen LogP contribution in [-0.2, 0) is 9.59 Å². The molecule has 2 N–H and O–H groups in total. The molecule has 0 aromatic carbocycles. The first-order valence-corrected chi connectivity index (χ1v) is 7.01. The number of likely N-dealkylation sites (tertiary alicyclic amines) is 1. The third-order valence-electron chi connectivity index (χ3n) is 3.76. The first-order valence-electron chi connectivity index (χ1n) is 7.01. The van der Waals surface area contributed by atoms with Crippen LogP contribution in [0.1, 0.15) is 32.1 Å². The number of nitrogens with zero attached hydrogens (tertiary/aromatic N) is 1. The summed E-state index contributed by atoms with van der Waals surface area (Å²) in [6.07, 6.45) is 4.35. The molecule has 1 atom stereocenters. The first kappa shape index (κ1) is 13.3. The van der Waals surface area contributed by atoms with E-state index in [2.05, 4.69) is 10.6 Å². The predicted octanol–water partition coefficient (Wildman–Crippen LogP) is 0.115. The number of nitrogens with one attached hydrogen (secondary N) is 2. The normalized spacial score (nSPS) is 23.3. The van der Waals surface area contributed by atoms with E-state index in [-0.39, 0.29) is 11.8 Å². The smallest absolute Gasteiger partial charge is 0.224 e. The van der Waals surface area contributed by atoms with E-state index in [4.69, 9.17) is 0 Å². The largest absolute Gasteiger partial charge is 0.356 e. The molecule has 0 bridgehead atoms. The molecule has 5 nitrogen and oxygen atoms in total. The van der Waals surface area contributed by atoms with Crippen LogP contribution in [0.5, 0.6) is 0 Å². The summed E-state index contributed by atoms with van der Waals surface area (Å²) in [4.78, 5) is 25.3. The van der Waals surface area contributed by atoms with Crippen LogP contribution in [-0.4, -0.2) is 49.4 Å². The first-order chi connectivity index (χ1) is 8.75. The van der Waals surface area contributed by atoms with Crippen molar-refractivity contribution in [2.75, 3.05) is 32.7 Å². The monoisotopic (exact) mass is 253 g/mol. The van der Waals surface area contributed by atoms with E-state index in [0.29, 0.717) is 25.3 Å². The van der Waals surface area contributed by atoms with Crippen molar-refractivity contribution in [1.29, 1.82) is 0 Å². The Bertz CT molecular complexity index is 295. The highest BCUT2D eigenvalue weighted by Gasteiger charge is 2.19. The third-order valence-corrected chi connectivity index (χ3v) is 3.76. The number of hydrogen-bond acceptors (Lipinski definition) is 3. The second kappa shape index (κ2) is 6.73.